The van der Waals surface area contributed by atoms with Gasteiger partial charge in [-0.3, -0.25) is 9.80 Å². The molecule has 0 amide bonds. The molecular formula is C15H28N2. The second-order valence-corrected chi connectivity index (χ2v) is 7.49. The molecule has 2 nitrogen and oxygen atoms in total. The highest BCUT2D eigenvalue weighted by atomic mass is 15.3. The molecule has 0 spiro atoms. The Hall–Kier alpha value is -0.0800. The predicted molar refractivity (Wildman–Crippen MR) is 72.1 cm³/mol. The van der Waals surface area contributed by atoms with E-state index >= 15 is 0 Å². The first-order valence-corrected chi connectivity index (χ1v) is 7.52. The number of hydrogen-bond donors (Lipinski definition) is 0. The second-order valence-electron chi connectivity index (χ2n) is 7.49. The molecular weight excluding hydrogens is 208 g/mol. The Morgan fingerprint density at radius 1 is 0.765 bits per heavy atom. The van der Waals surface area contributed by atoms with Gasteiger partial charge in [-0.05, 0) is 37.0 Å². The zero-order valence-corrected chi connectivity index (χ0v) is 11.8. The molecule has 17 heavy (non-hydrogen) atoms. The van der Waals surface area contributed by atoms with Crippen LogP contribution in [0.5, 0.6) is 0 Å². The van der Waals surface area contributed by atoms with Crippen molar-refractivity contribution >= 4 is 0 Å². The minimum atomic E-state index is 0.534. The third-order valence-electron chi connectivity index (χ3n) is 5.27. The zero-order chi connectivity index (χ0) is 12.0. The van der Waals surface area contributed by atoms with E-state index in [1.807, 2.05) is 0 Å². The van der Waals surface area contributed by atoms with Crippen molar-refractivity contribution in [1.82, 2.24) is 9.80 Å². The molecule has 98 valence electrons. The highest BCUT2D eigenvalue weighted by molar-refractivity contribution is 4.95. The maximum absolute atomic E-state index is 2.76. The van der Waals surface area contributed by atoms with Crippen LogP contribution in [0.15, 0.2) is 0 Å². The van der Waals surface area contributed by atoms with E-state index in [1.54, 1.807) is 0 Å². The molecule has 3 aliphatic rings. The minimum absolute atomic E-state index is 0.534. The third-order valence-corrected chi connectivity index (χ3v) is 5.27. The van der Waals surface area contributed by atoms with Crippen LogP contribution in [-0.4, -0.2) is 48.1 Å². The fraction of sp³-hybridized carbons (Fsp3) is 1.00. The van der Waals surface area contributed by atoms with Crippen molar-refractivity contribution in [2.24, 2.45) is 11.3 Å². The van der Waals surface area contributed by atoms with Crippen molar-refractivity contribution in [2.75, 3.05) is 26.2 Å². The largest absolute Gasteiger partial charge is 0.298 e. The fourth-order valence-electron chi connectivity index (χ4n) is 3.50. The first kappa shape index (κ1) is 12.0. The van der Waals surface area contributed by atoms with Gasteiger partial charge in [0.25, 0.3) is 0 Å². The van der Waals surface area contributed by atoms with Gasteiger partial charge in [0.05, 0.1) is 0 Å². The average Bonchev–Trinajstić information content (AvgIpc) is 2.97. The lowest BCUT2D eigenvalue weighted by Crippen LogP contribution is -2.55. The molecule has 1 heterocycles. The summed E-state index contributed by atoms with van der Waals surface area (Å²) >= 11 is 0. The van der Waals surface area contributed by atoms with Gasteiger partial charge in [-0.25, -0.2) is 0 Å². The highest BCUT2D eigenvalue weighted by Gasteiger charge is 2.41. The lowest BCUT2D eigenvalue weighted by molar-refractivity contribution is -0.00515. The summed E-state index contributed by atoms with van der Waals surface area (Å²) in [5, 5.41) is 0. The molecule has 0 aromatic carbocycles. The van der Waals surface area contributed by atoms with Crippen molar-refractivity contribution in [1.29, 1.82) is 0 Å². The topological polar surface area (TPSA) is 6.48 Å². The lowest BCUT2D eigenvalue weighted by Gasteiger charge is -2.50. The van der Waals surface area contributed by atoms with E-state index in [1.165, 1.54) is 51.9 Å². The van der Waals surface area contributed by atoms with E-state index in [-0.39, 0.29) is 0 Å². The summed E-state index contributed by atoms with van der Waals surface area (Å²) in [4.78, 5) is 5.48. The van der Waals surface area contributed by atoms with Gasteiger partial charge < -0.3 is 0 Å². The van der Waals surface area contributed by atoms with Crippen LogP contribution in [0.25, 0.3) is 0 Å². The first-order valence-electron chi connectivity index (χ1n) is 7.52. The highest BCUT2D eigenvalue weighted by Crippen LogP contribution is 2.43. The number of hydrogen-bond acceptors (Lipinski definition) is 2. The average molecular weight is 236 g/mol. The van der Waals surface area contributed by atoms with Gasteiger partial charge in [0.2, 0.25) is 0 Å². The van der Waals surface area contributed by atoms with Gasteiger partial charge in [0.1, 0.15) is 0 Å². The van der Waals surface area contributed by atoms with E-state index in [0.717, 1.165) is 18.0 Å². The van der Waals surface area contributed by atoms with Gasteiger partial charge in [-0.1, -0.05) is 20.8 Å². The van der Waals surface area contributed by atoms with Gasteiger partial charge in [0, 0.05) is 38.3 Å². The van der Waals surface area contributed by atoms with Crippen molar-refractivity contribution in [3.05, 3.63) is 0 Å². The van der Waals surface area contributed by atoms with Crippen molar-refractivity contribution in [3.63, 3.8) is 0 Å². The van der Waals surface area contributed by atoms with E-state index in [9.17, 15) is 0 Å². The summed E-state index contributed by atoms with van der Waals surface area (Å²) in [5.74, 6) is 0.967. The van der Waals surface area contributed by atoms with E-state index in [4.69, 9.17) is 0 Å². The van der Waals surface area contributed by atoms with Crippen LogP contribution < -0.4 is 0 Å². The number of rotatable bonds is 2. The number of nitrogens with zero attached hydrogens (tertiary/aromatic N) is 2. The van der Waals surface area contributed by atoms with Gasteiger partial charge in [-0.15, -0.1) is 0 Å². The maximum atomic E-state index is 2.76. The summed E-state index contributed by atoms with van der Waals surface area (Å²) in [6.45, 7) is 12.5. The SMILES string of the molecule is CC(C)(C)C1CC(N2CCN(C3CC3)CC2)C1. The Morgan fingerprint density at radius 2 is 1.24 bits per heavy atom. The molecule has 0 atom stereocenters. The van der Waals surface area contributed by atoms with E-state index < -0.39 is 0 Å². The van der Waals surface area contributed by atoms with Crippen molar-refractivity contribution in [2.45, 2.75) is 58.5 Å². The van der Waals surface area contributed by atoms with Crippen LogP contribution in [0.3, 0.4) is 0 Å². The van der Waals surface area contributed by atoms with Crippen LogP contribution in [-0.2, 0) is 0 Å². The Morgan fingerprint density at radius 3 is 1.65 bits per heavy atom. The molecule has 2 aliphatic carbocycles. The third kappa shape index (κ3) is 2.53. The molecule has 2 saturated carbocycles. The fourth-order valence-corrected chi connectivity index (χ4v) is 3.50. The number of piperazine rings is 1. The summed E-state index contributed by atoms with van der Waals surface area (Å²) < 4.78 is 0. The van der Waals surface area contributed by atoms with Gasteiger partial charge >= 0.3 is 0 Å². The Labute approximate surface area is 106 Å². The summed E-state index contributed by atoms with van der Waals surface area (Å²) in [5.41, 5.74) is 0.534. The summed E-state index contributed by atoms with van der Waals surface area (Å²) in [6, 6.07) is 1.89. The molecule has 1 saturated heterocycles. The Kier molecular flexibility index (Phi) is 2.99. The predicted octanol–water partition coefficient (Wildman–Crippen LogP) is 2.59. The normalized spacial score (nSPS) is 36.9. The smallest absolute Gasteiger partial charge is 0.0113 e. The molecule has 0 unspecified atom stereocenters. The molecule has 2 heteroatoms. The van der Waals surface area contributed by atoms with Crippen molar-refractivity contribution < 1.29 is 0 Å². The van der Waals surface area contributed by atoms with Gasteiger partial charge in [-0.2, -0.15) is 0 Å². The summed E-state index contributed by atoms with van der Waals surface area (Å²) in [6.07, 6.45) is 5.84. The molecule has 0 bridgehead atoms. The van der Waals surface area contributed by atoms with E-state index in [0.29, 0.717) is 5.41 Å². The monoisotopic (exact) mass is 236 g/mol. The van der Waals surface area contributed by atoms with Crippen LogP contribution >= 0.6 is 0 Å². The standard InChI is InChI=1S/C15H28N2/c1-15(2,3)12-10-14(11-12)17-8-6-16(7-9-17)13-4-5-13/h12-14H,4-11H2,1-3H3. The molecule has 0 aromatic rings. The van der Waals surface area contributed by atoms with Crippen molar-refractivity contribution in [3.8, 4) is 0 Å². The molecule has 0 N–H and O–H groups in total. The first-order chi connectivity index (χ1) is 8.04. The van der Waals surface area contributed by atoms with Crippen LogP contribution in [0, 0.1) is 11.3 Å². The Balaban J connectivity index is 1.43. The van der Waals surface area contributed by atoms with Gasteiger partial charge in [0.15, 0.2) is 0 Å². The maximum Gasteiger partial charge on any atom is 0.0113 e. The Bertz CT molecular complexity index is 263. The van der Waals surface area contributed by atoms with Crippen LogP contribution in [0.1, 0.15) is 46.5 Å². The van der Waals surface area contributed by atoms with Crippen LogP contribution in [0.2, 0.25) is 0 Å². The second kappa shape index (κ2) is 4.24. The van der Waals surface area contributed by atoms with Crippen LogP contribution in [0.4, 0.5) is 0 Å². The lowest BCUT2D eigenvalue weighted by atomic mass is 9.65. The minimum Gasteiger partial charge on any atom is -0.298 e. The molecule has 0 aromatic heterocycles. The molecule has 0 radical (unpaired) electrons. The summed E-state index contributed by atoms with van der Waals surface area (Å²) in [7, 11) is 0. The molecule has 3 fully saturated rings. The quantitative estimate of drug-likeness (QED) is 0.727. The molecule has 1 aliphatic heterocycles. The molecule has 3 rings (SSSR count). The zero-order valence-electron chi connectivity index (χ0n) is 11.8. The van der Waals surface area contributed by atoms with E-state index in [2.05, 4.69) is 30.6 Å².